The Morgan fingerprint density at radius 3 is 2.48 bits per heavy atom. The molecule has 0 fully saturated rings. The van der Waals surface area contributed by atoms with E-state index < -0.39 is 0 Å². The zero-order chi connectivity index (χ0) is 15.4. The van der Waals surface area contributed by atoms with Crippen molar-refractivity contribution < 1.29 is 4.74 Å². The maximum absolute atomic E-state index is 5.99. The number of pyridine rings is 1. The van der Waals surface area contributed by atoms with Crippen molar-refractivity contribution in [3.8, 4) is 11.5 Å². The number of halogens is 1. The molecule has 0 aromatic carbocycles. The Labute approximate surface area is 132 Å². The monoisotopic (exact) mass is 351 g/mol. The van der Waals surface area contributed by atoms with Gasteiger partial charge in [-0.05, 0) is 21.8 Å². The second-order valence-corrected chi connectivity index (χ2v) is 5.52. The molecule has 2 aromatic rings. The minimum Gasteiger partial charge on any atom is -0.451 e. The topological polar surface area (TPSA) is 72.0 Å². The molecule has 2 rings (SSSR count). The molecular weight excluding hydrogens is 334 g/mol. The number of nitrogens with one attached hydrogen (secondary N) is 2. The third-order valence-corrected chi connectivity index (χ3v) is 3.35. The lowest BCUT2D eigenvalue weighted by atomic mass is 10.1. The Morgan fingerprint density at radius 2 is 1.86 bits per heavy atom. The van der Waals surface area contributed by atoms with Crippen LogP contribution in [0.15, 0.2) is 23.1 Å². The number of hydrogen-bond acceptors (Lipinski definition) is 6. The van der Waals surface area contributed by atoms with E-state index in [9.17, 15) is 0 Å². The van der Waals surface area contributed by atoms with E-state index in [-0.39, 0.29) is 0 Å². The predicted molar refractivity (Wildman–Crippen MR) is 87.2 cm³/mol. The fourth-order valence-corrected chi connectivity index (χ4v) is 2.12. The van der Waals surface area contributed by atoms with Crippen molar-refractivity contribution in [2.45, 2.75) is 19.8 Å². The van der Waals surface area contributed by atoms with Gasteiger partial charge in [0, 0.05) is 31.9 Å². The first-order valence-electron chi connectivity index (χ1n) is 6.61. The van der Waals surface area contributed by atoms with E-state index in [2.05, 4.69) is 55.4 Å². The molecule has 2 N–H and O–H groups in total. The van der Waals surface area contributed by atoms with Gasteiger partial charge in [0.15, 0.2) is 11.6 Å². The van der Waals surface area contributed by atoms with Crippen LogP contribution < -0.4 is 15.4 Å². The summed E-state index contributed by atoms with van der Waals surface area (Å²) in [5, 5.41) is 5.91. The molecule has 0 saturated carbocycles. The number of aromatic nitrogens is 3. The highest BCUT2D eigenvalue weighted by Crippen LogP contribution is 2.34. The van der Waals surface area contributed by atoms with E-state index in [4.69, 9.17) is 4.74 Å². The predicted octanol–water partition coefficient (Wildman–Crippen LogP) is 3.63. The van der Waals surface area contributed by atoms with Gasteiger partial charge in [-0.3, -0.25) is 0 Å². The number of ether oxygens (including phenoxy) is 1. The lowest BCUT2D eigenvalue weighted by Crippen LogP contribution is -2.03. The van der Waals surface area contributed by atoms with Gasteiger partial charge in [-0.1, -0.05) is 13.8 Å². The normalized spacial score (nSPS) is 10.6. The largest absolute Gasteiger partial charge is 0.451 e. The molecule has 0 spiro atoms. The highest BCUT2D eigenvalue weighted by molar-refractivity contribution is 9.10. The van der Waals surface area contributed by atoms with E-state index in [0.29, 0.717) is 23.4 Å². The van der Waals surface area contributed by atoms with Crippen molar-refractivity contribution in [3.05, 3.63) is 28.6 Å². The van der Waals surface area contributed by atoms with Crippen LogP contribution in [0, 0.1) is 0 Å². The maximum atomic E-state index is 5.99. The van der Waals surface area contributed by atoms with E-state index in [0.717, 1.165) is 15.9 Å². The molecule has 0 aliphatic carbocycles. The number of nitrogens with zero attached hydrogens (tertiary/aromatic N) is 3. The molecule has 7 heteroatoms. The molecule has 0 aliphatic rings. The van der Waals surface area contributed by atoms with Crippen molar-refractivity contribution in [2.24, 2.45) is 0 Å². The minimum absolute atomic E-state index is 0.302. The molecule has 0 aliphatic heterocycles. The van der Waals surface area contributed by atoms with Crippen LogP contribution in [0.4, 0.5) is 11.8 Å². The number of anilines is 2. The van der Waals surface area contributed by atoms with Gasteiger partial charge >= 0.3 is 0 Å². The highest BCUT2D eigenvalue weighted by atomic mass is 79.9. The van der Waals surface area contributed by atoms with Gasteiger partial charge < -0.3 is 15.4 Å². The standard InChI is InChI=1S/C14H18BrN5O/c1-8(2)9-6-18-12(15)5-10(9)21-11-7-19-14(17-4)20-13(11)16-3/h5-8H,1-4H3,(H2,16,17,19,20). The van der Waals surface area contributed by atoms with E-state index in [1.807, 2.05) is 12.3 Å². The summed E-state index contributed by atoms with van der Waals surface area (Å²) in [5.41, 5.74) is 1.03. The second kappa shape index (κ2) is 6.71. The van der Waals surface area contributed by atoms with Crippen LogP contribution in [-0.4, -0.2) is 29.0 Å². The Balaban J connectivity index is 2.40. The Morgan fingerprint density at radius 1 is 1.10 bits per heavy atom. The van der Waals surface area contributed by atoms with Gasteiger partial charge in [0.05, 0.1) is 6.20 Å². The van der Waals surface area contributed by atoms with Crippen LogP contribution in [-0.2, 0) is 0 Å². The molecule has 0 saturated heterocycles. The van der Waals surface area contributed by atoms with Crippen molar-refractivity contribution in [3.63, 3.8) is 0 Å². The fraction of sp³-hybridized carbons (Fsp3) is 0.357. The zero-order valence-electron chi connectivity index (χ0n) is 12.4. The van der Waals surface area contributed by atoms with E-state index >= 15 is 0 Å². The lowest BCUT2D eigenvalue weighted by molar-refractivity contribution is 0.469. The molecule has 0 radical (unpaired) electrons. The summed E-state index contributed by atoms with van der Waals surface area (Å²) in [6.45, 7) is 4.19. The van der Waals surface area contributed by atoms with Crippen molar-refractivity contribution >= 4 is 27.7 Å². The van der Waals surface area contributed by atoms with E-state index in [1.165, 1.54) is 0 Å². The van der Waals surface area contributed by atoms with Crippen LogP contribution >= 0.6 is 15.9 Å². The van der Waals surface area contributed by atoms with Gasteiger partial charge in [-0.2, -0.15) is 4.98 Å². The summed E-state index contributed by atoms with van der Waals surface area (Å²) >= 11 is 3.37. The Bertz CT molecular complexity index is 633. The molecule has 0 amide bonds. The molecule has 0 unspecified atom stereocenters. The first-order chi connectivity index (χ1) is 10.0. The van der Waals surface area contributed by atoms with Crippen molar-refractivity contribution in [1.82, 2.24) is 15.0 Å². The SMILES string of the molecule is CNc1ncc(Oc2cc(Br)ncc2C(C)C)c(NC)n1. The summed E-state index contributed by atoms with van der Waals surface area (Å²) in [4.78, 5) is 12.8. The Hall–Kier alpha value is -1.89. The zero-order valence-corrected chi connectivity index (χ0v) is 14.0. The summed E-state index contributed by atoms with van der Waals surface area (Å²) in [5.74, 6) is 2.76. The van der Waals surface area contributed by atoms with Crippen LogP contribution in [0.5, 0.6) is 11.5 Å². The summed E-state index contributed by atoms with van der Waals surface area (Å²) in [6.07, 6.45) is 3.45. The molecule has 112 valence electrons. The third-order valence-electron chi connectivity index (χ3n) is 2.92. The summed E-state index contributed by atoms with van der Waals surface area (Å²) < 4.78 is 6.71. The van der Waals surface area contributed by atoms with Crippen molar-refractivity contribution in [2.75, 3.05) is 24.7 Å². The molecule has 21 heavy (non-hydrogen) atoms. The average Bonchev–Trinajstić information content (AvgIpc) is 2.47. The summed E-state index contributed by atoms with van der Waals surface area (Å²) in [6, 6.07) is 1.85. The second-order valence-electron chi connectivity index (χ2n) is 4.71. The van der Waals surface area contributed by atoms with Gasteiger partial charge in [0.2, 0.25) is 5.95 Å². The van der Waals surface area contributed by atoms with E-state index in [1.54, 1.807) is 20.3 Å². The minimum atomic E-state index is 0.302. The molecule has 0 bridgehead atoms. The van der Waals surface area contributed by atoms with Gasteiger partial charge in [0.25, 0.3) is 0 Å². The van der Waals surface area contributed by atoms with Gasteiger partial charge in [0.1, 0.15) is 10.4 Å². The quantitative estimate of drug-likeness (QED) is 0.801. The van der Waals surface area contributed by atoms with Gasteiger partial charge in [-0.15, -0.1) is 0 Å². The highest BCUT2D eigenvalue weighted by Gasteiger charge is 2.13. The van der Waals surface area contributed by atoms with Crippen LogP contribution in [0.3, 0.4) is 0 Å². The number of rotatable bonds is 5. The maximum Gasteiger partial charge on any atom is 0.224 e. The molecule has 0 atom stereocenters. The van der Waals surface area contributed by atoms with Crippen LogP contribution in [0.1, 0.15) is 25.3 Å². The third kappa shape index (κ3) is 3.60. The van der Waals surface area contributed by atoms with Gasteiger partial charge in [-0.25, -0.2) is 9.97 Å². The number of hydrogen-bond donors (Lipinski definition) is 2. The fourth-order valence-electron chi connectivity index (χ4n) is 1.81. The smallest absolute Gasteiger partial charge is 0.224 e. The van der Waals surface area contributed by atoms with Crippen LogP contribution in [0.2, 0.25) is 0 Å². The molecular formula is C14H18BrN5O. The lowest BCUT2D eigenvalue weighted by Gasteiger charge is -2.15. The first kappa shape index (κ1) is 15.5. The van der Waals surface area contributed by atoms with Crippen molar-refractivity contribution in [1.29, 1.82) is 0 Å². The summed E-state index contributed by atoms with van der Waals surface area (Å²) in [7, 11) is 3.56. The van der Waals surface area contributed by atoms with Crippen LogP contribution in [0.25, 0.3) is 0 Å². The molecule has 6 nitrogen and oxygen atoms in total. The average molecular weight is 352 g/mol. The molecule has 2 heterocycles. The first-order valence-corrected chi connectivity index (χ1v) is 7.40. The Kier molecular flexibility index (Phi) is 4.95. The molecule has 2 aromatic heterocycles.